The number of carboxylic acid groups (broad SMARTS) is 1. The van der Waals surface area contributed by atoms with Crippen LogP contribution in [-0.4, -0.2) is 69.1 Å². The summed E-state index contributed by atoms with van der Waals surface area (Å²) in [5.74, 6) is -0.706. The van der Waals surface area contributed by atoms with Crippen LogP contribution in [0.2, 0.25) is 0 Å². The minimum Gasteiger partial charge on any atom is -0.475 e. The fourth-order valence-electron chi connectivity index (χ4n) is 4.23. The van der Waals surface area contributed by atoms with Gasteiger partial charge >= 0.3 is 12.1 Å². The van der Waals surface area contributed by atoms with Gasteiger partial charge in [0.05, 0.1) is 12.7 Å². The molecule has 11 heteroatoms. The Kier molecular flexibility index (Phi) is 7.72. The summed E-state index contributed by atoms with van der Waals surface area (Å²) in [7, 11) is 0. The third kappa shape index (κ3) is 6.77. The molecule has 0 saturated carbocycles. The first-order chi connectivity index (χ1) is 15.6. The van der Waals surface area contributed by atoms with Crippen LogP contribution in [-0.2, 0) is 11.3 Å². The first-order valence-electron chi connectivity index (χ1n) is 10.7. The fraction of sp³-hybridized carbons (Fsp3) is 0.545. The number of piperidine rings is 2. The van der Waals surface area contributed by atoms with E-state index in [2.05, 4.69) is 20.9 Å². The number of aryl methyl sites for hydroxylation is 1. The van der Waals surface area contributed by atoms with E-state index in [-0.39, 0.29) is 5.91 Å². The van der Waals surface area contributed by atoms with E-state index in [1.807, 2.05) is 17.9 Å². The Balaban J connectivity index is 0.000000383. The van der Waals surface area contributed by atoms with E-state index < -0.39 is 12.1 Å². The number of aromatic nitrogens is 2. The zero-order chi connectivity index (χ0) is 24.1. The maximum atomic E-state index is 12.5. The molecule has 0 aromatic carbocycles. The number of rotatable bonds is 3. The fourth-order valence-corrected chi connectivity index (χ4v) is 4.23. The second-order valence-electron chi connectivity index (χ2n) is 8.47. The highest BCUT2D eigenvalue weighted by Gasteiger charge is 2.39. The molecule has 2 aromatic rings. The van der Waals surface area contributed by atoms with Gasteiger partial charge in [-0.1, -0.05) is 0 Å². The Bertz CT molecular complexity index is 931. The molecule has 2 fully saturated rings. The summed E-state index contributed by atoms with van der Waals surface area (Å²) >= 11 is 0. The van der Waals surface area contributed by atoms with Crippen LogP contribution in [0, 0.1) is 12.3 Å². The van der Waals surface area contributed by atoms with Crippen molar-refractivity contribution >= 4 is 11.9 Å². The molecule has 2 aliphatic rings. The predicted octanol–water partition coefficient (Wildman–Crippen LogP) is 3.53. The van der Waals surface area contributed by atoms with Crippen molar-refractivity contribution in [1.82, 2.24) is 19.8 Å². The van der Waals surface area contributed by atoms with E-state index in [9.17, 15) is 18.0 Å². The summed E-state index contributed by atoms with van der Waals surface area (Å²) in [6, 6.07) is 4.11. The average molecular weight is 468 g/mol. The van der Waals surface area contributed by atoms with Gasteiger partial charge in [-0.25, -0.2) is 9.78 Å². The SMILES string of the molecule is Cc1ccc(CN2CCC3(CC2)CCN(C(=O)c2cnccn2)CC3)o1.O=C(O)C(F)(F)F. The lowest BCUT2D eigenvalue weighted by Crippen LogP contribution is -2.48. The van der Waals surface area contributed by atoms with Gasteiger partial charge in [0.2, 0.25) is 0 Å². The van der Waals surface area contributed by atoms with Crippen molar-refractivity contribution < 1.29 is 32.3 Å². The highest BCUT2D eigenvalue weighted by Crippen LogP contribution is 2.41. The molecule has 4 rings (SSSR count). The monoisotopic (exact) mass is 468 g/mol. The number of likely N-dealkylation sites (tertiary alicyclic amines) is 2. The van der Waals surface area contributed by atoms with Crippen LogP contribution in [0.5, 0.6) is 0 Å². The number of alkyl halides is 3. The normalized spacial score (nSPS) is 18.5. The first-order valence-corrected chi connectivity index (χ1v) is 10.7. The van der Waals surface area contributed by atoms with E-state index in [1.165, 1.54) is 12.8 Å². The van der Waals surface area contributed by atoms with Crippen LogP contribution in [0.15, 0.2) is 35.1 Å². The molecule has 1 N–H and O–H groups in total. The van der Waals surface area contributed by atoms with Crippen LogP contribution >= 0.6 is 0 Å². The molecule has 1 amide bonds. The lowest BCUT2D eigenvalue weighted by molar-refractivity contribution is -0.192. The maximum absolute atomic E-state index is 12.5. The number of halogens is 3. The molecule has 0 bridgehead atoms. The smallest absolute Gasteiger partial charge is 0.475 e. The molecule has 8 nitrogen and oxygen atoms in total. The second-order valence-corrected chi connectivity index (χ2v) is 8.47. The molecule has 2 aliphatic heterocycles. The van der Waals surface area contributed by atoms with Gasteiger partial charge in [0, 0.05) is 25.5 Å². The highest BCUT2D eigenvalue weighted by molar-refractivity contribution is 5.92. The summed E-state index contributed by atoms with van der Waals surface area (Å²) in [5, 5.41) is 7.12. The van der Waals surface area contributed by atoms with Gasteiger partial charge in [-0.05, 0) is 63.2 Å². The van der Waals surface area contributed by atoms with Crippen LogP contribution in [0.25, 0.3) is 0 Å². The highest BCUT2D eigenvalue weighted by atomic mass is 19.4. The number of nitrogens with zero attached hydrogens (tertiary/aromatic N) is 4. The quantitative estimate of drug-likeness (QED) is 0.736. The molecule has 1 spiro atoms. The van der Waals surface area contributed by atoms with Gasteiger partial charge in [-0.15, -0.1) is 0 Å². The van der Waals surface area contributed by atoms with E-state index in [4.69, 9.17) is 14.3 Å². The van der Waals surface area contributed by atoms with Gasteiger partial charge in [0.25, 0.3) is 5.91 Å². The number of furan rings is 1. The Hall–Kier alpha value is -2.95. The second kappa shape index (κ2) is 10.3. The lowest BCUT2D eigenvalue weighted by Gasteiger charge is -2.46. The van der Waals surface area contributed by atoms with Gasteiger partial charge in [-0.3, -0.25) is 14.7 Å². The lowest BCUT2D eigenvalue weighted by atomic mass is 9.71. The molecule has 180 valence electrons. The number of aliphatic carboxylic acids is 1. The van der Waals surface area contributed by atoms with E-state index in [1.54, 1.807) is 18.6 Å². The minimum absolute atomic E-state index is 0.0126. The van der Waals surface area contributed by atoms with Crippen LogP contribution in [0.4, 0.5) is 13.2 Å². The van der Waals surface area contributed by atoms with Crippen molar-refractivity contribution in [3.63, 3.8) is 0 Å². The van der Waals surface area contributed by atoms with Crippen molar-refractivity contribution in [1.29, 1.82) is 0 Å². The molecular weight excluding hydrogens is 441 g/mol. The maximum Gasteiger partial charge on any atom is 0.490 e. The Labute approximate surface area is 189 Å². The minimum atomic E-state index is -5.08. The van der Waals surface area contributed by atoms with E-state index in [0.29, 0.717) is 11.1 Å². The summed E-state index contributed by atoms with van der Waals surface area (Å²) < 4.78 is 37.4. The Morgan fingerprint density at radius 2 is 1.70 bits per heavy atom. The van der Waals surface area contributed by atoms with Gasteiger partial charge < -0.3 is 14.4 Å². The number of hydrogen-bond acceptors (Lipinski definition) is 6. The van der Waals surface area contributed by atoms with E-state index in [0.717, 1.165) is 57.1 Å². The molecular formula is C22H27F3N4O4. The molecule has 33 heavy (non-hydrogen) atoms. The third-order valence-electron chi connectivity index (χ3n) is 6.23. The van der Waals surface area contributed by atoms with Crippen LogP contribution in [0.1, 0.15) is 47.7 Å². The number of carbonyl (C=O) groups excluding carboxylic acids is 1. The largest absolute Gasteiger partial charge is 0.490 e. The summed E-state index contributed by atoms with van der Waals surface area (Å²) in [5.41, 5.74) is 0.848. The Morgan fingerprint density at radius 3 is 2.18 bits per heavy atom. The molecule has 0 atom stereocenters. The molecule has 2 aromatic heterocycles. The summed E-state index contributed by atoms with van der Waals surface area (Å²) in [4.78, 5) is 34.0. The van der Waals surface area contributed by atoms with Crippen molar-refractivity contribution in [2.75, 3.05) is 26.2 Å². The van der Waals surface area contributed by atoms with Gasteiger partial charge in [0.15, 0.2) is 0 Å². The van der Waals surface area contributed by atoms with Crippen molar-refractivity contribution in [2.24, 2.45) is 5.41 Å². The van der Waals surface area contributed by atoms with E-state index >= 15 is 0 Å². The summed E-state index contributed by atoms with van der Waals surface area (Å²) in [6.07, 6.45) is 4.25. The molecule has 2 saturated heterocycles. The predicted molar refractivity (Wildman–Crippen MR) is 111 cm³/mol. The Morgan fingerprint density at radius 1 is 1.09 bits per heavy atom. The summed E-state index contributed by atoms with van der Waals surface area (Å²) in [6.45, 7) is 6.77. The molecule has 0 aliphatic carbocycles. The number of amides is 1. The number of hydrogen-bond donors (Lipinski definition) is 1. The number of carbonyl (C=O) groups is 2. The van der Waals surface area contributed by atoms with Crippen molar-refractivity contribution in [3.8, 4) is 0 Å². The van der Waals surface area contributed by atoms with Crippen molar-refractivity contribution in [3.05, 3.63) is 47.9 Å². The average Bonchev–Trinajstić information content (AvgIpc) is 3.20. The van der Waals surface area contributed by atoms with Crippen LogP contribution < -0.4 is 0 Å². The molecule has 0 radical (unpaired) electrons. The standard InChI is InChI=1S/C20H26N4O2.C2HF3O2/c1-16-2-3-17(26-16)15-23-10-4-20(5-11-23)6-12-24(13-7-20)19(25)18-14-21-8-9-22-18;3-2(4,5)1(6)7/h2-3,8-9,14H,4-7,10-13,15H2,1H3;(H,6,7). The molecule has 0 unspecified atom stereocenters. The zero-order valence-corrected chi connectivity index (χ0v) is 18.3. The zero-order valence-electron chi connectivity index (χ0n) is 18.3. The third-order valence-corrected chi connectivity index (χ3v) is 6.23. The molecule has 4 heterocycles. The number of carboxylic acids is 1. The van der Waals surface area contributed by atoms with Crippen molar-refractivity contribution in [2.45, 2.75) is 45.3 Å². The first kappa shape index (κ1) is 24.7. The van der Waals surface area contributed by atoms with Crippen LogP contribution in [0.3, 0.4) is 0 Å². The topological polar surface area (TPSA) is 99.8 Å². The van der Waals surface area contributed by atoms with Gasteiger partial charge in [0.1, 0.15) is 17.2 Å². The van der Waals surface area contributed by atoms with Gasteiger partial charge in [-0.2, -0.15) is 13.2 Å².